The molecule has 5 heterocycles. The fourth-order valence-corrected chi connectivity index (χ4v) is 9.70. The van der Waals surface area contributed by atoms with Crippen LogP contribution in [0.3, 0.4) is 0 Å². The molecule has 2 bridgehead atoms. The zero-order valence-corrected chi connectivity index (χ0v) is 34.0. The molecule has 1 aliphatic carbocycles. The number of fused-ring (bicyclic) bond motifs is 2. The van der Waals surface area contributed by atoms with Crippen molar-refractivity contribution in [3.63, 3.8) is 0 Å². The molecule has 57 heavy (non-hydrogen) atoms. The molecule has 6 aliphatic rings. The molecule has 0 aromatic heterocycles. The molecule has 6 fully saturated rings. The van der Waals surface area contributed by atoms with Crippen LogP contribution in [0.25, 0.3) is 0 Å². The molecule has 13 atom stereocenters. The maximum Gasteiger partial charge on any atom is 0.338 e. The van der Waals surface area contributed by atoms with Gasteiger partial charge in [0.25, 0.3) is 0 Å². The number of ether oxygens (including phenoxy) is 7. The van der Waals surface area contributed by atoms with Gasteiger partial charge in [-0.3, -0.25) is 4.79 Å². The van der Waals surface area contributed by atoms with Crippen molar-refractivity contribution in [3.05, 3.63) is 71.8 Å². The summed E-state index contributed by atoms with van der Waals surface area (Å²) in [5, 5.41) is 0. The summed E-state index contributed by atoms with van der Waals surface area (Å²) in [7, 11) is 0. The molecule has 12 heteroatoms. The van der Waals surface area contributed by atoms with Gasteiger partial charge in [0.15, 0.2) is 24.3 Å². The van der Waals surface area contributed by atoms with Gasteiger partial charge in [-0.15, -0.1) is 0 Å². The van der Waals surface area contributed by atoms with Crippen LogP contribution < -0.4 is 0 Å². The molecule has 0 amide bonds. The summed E-state index contributed by atoms with van der Waals surface area (Å²) in [6.07, 6.45) is 4.46. The van der Waals surface area contributed by atoms with Crippen molar-refractivity contribution >= 4 is 17.9 Å². The molecule has 312 valence electrons. The number of benzene rings is 2. The third-order valence-electron chi connectivity index (χ3n) is 13.0. The Morgan fingerprint density at radius 2 is 1.49 bits per heavy atom. The molecule has 5 aliphatic heterocycles. The molecule has 0 unspecified atom stereocenters. The molecule has 5 saturated heterocycles. The van der Waals surface area contributed by atoms with Crippen LogP contribution in [0.4, 0.5) is 0 Å². The Balaban J connectivity index is 0.838. The highest BCUT2D eigenvalue weighted by atomic mass is 17.3. The number of hydrogen-bond donors (Lipinski definition) is 0. The molecule has 1 saturated carbocycles. The Morgan fingerprint density at radius 1 is 0.807 bits per heavy atom. The quantitative estimate of drug-likeness (QED) is 0.0747. The third kappa shape index (κ3) is 9.42. The second-order valence-corrected chi connectivity index (χ2v) is 17.1. The number of rotatable bonds is 15. The van der Waals surface area contributed by atoms with Crippen molar-refractivity contribution in [2.24, 2.45) is 23.7 Å². The van der Waals surface area contributed by atoms with Crippen molar-refractivity contribution < 1.29 is 57.3 Å². The van der Waals surface area contributed by atoms with Gasteiger partial charge < -0.3 is 33.2 Å². The zero-order valence-electron chi connectivity index (χ0n) is 34.0. The van der Waals surface area contributed by atoms with Crippen LogP contribution in [0.5, 0.6) is 0 Å². The smallest absolute Gasteiger partial charge is 0.338 e. The molecule has 0 N–H and O–H groups in total. The molecule has 2 aromatic carbocycles. The average molecular weight is 793 g/mol. The van der Waals surface area contributed by atoms with E-state index in [-0.39, 0.29) is 36.4 Å². The van der Waals surface area contributed by atoms with E-state index in [1.54, 1.807) is 48.5 Å². The van der Waals surface area contributed by atoms with Crippen molar-refractivity contribution in [3.8, 4) is 0 Å². The SMILES string of the molecule is C[C@H]1[C@@H](CCCOC(=O)CCCC[C@H](C)O[C@@H]2O[C@@H](C)[C@H](OC(=O)c3ccccc3)C[C@H]2OC(=O)c2ccccc2)O[C@@H]2O[C@@]3(C)CC[C@H]4[C@H](C)CC[C@@H]1[C@@]24OO3. The van der Waals surface area contributed by atoms with E-state index >= 15 is 0 Å². The van der Waals surface area contributed by atoms with Crippen molar-refractivity contribution in [1.82, 2.24) is 0 Å². The first kappa shape index (κ1) is 41.8. The van der Waals surface area contributed by atoms with Gasteiger partial charge in [-0.1, -0.05) is 56.7 Å². The summed E-state index contributed by atoms with van der Waals surface area (Å²) < 4.78 is 43.0. The minimum absolute atomic E-state index is 0.0146. The fourth-order valence-electron chi connectivity index (χ4n) is 9.70. The topological polar surface area (TPSA) is 134 Å². The van der Waals surface area contributed by atoms with Crippen molar-refractivity contribution in [2.45, 2.75) is 160 Å². The number of esters is 3. The van der Waals surface area contributed by atoms with Crippen LogP contribution in [0.2, 0.25) is 0 Å². The average Bonchev–Trinajstić information content (AvgIpc) is 3.44. The van der Waals surface area contributed by atoms with E-state index in [1.165, 1.54) is 0 Å². The van der Waals surface area contributed by atoms with Crippen LogP contribution in [0, 0.1) is 23.7 Å². The molecule has 2 aromatic rings. The highest BCUT2D eigenvalue weighted by Crippen LogP contribution is 2.60. The van der Waals surface area contributed by atoms with E-state index in [1.807, 2.05) is 32.9 Å². The highest BCUT2D eigenvalue weighted by molar-refractivity contribution is 5.90. The lowest BCUT2D eigenvalue weighted by molar-refractivity contribution is -0.571. The van der Waals surface area contributed by atoms with Crippen molar-refractivity contribution in [1.29, 1.82) is 0 Å². The Kier molecular flexibility index (Phi) is 13.4. The van der Waals surface area contributed by atoms with Gasteiger partial charge in [-0.05, 0) is 108 Å². The molecule has 1 spiro atoms. The van der Waals surface area contributed by atoms with Gasteiger partial charge >= 0.3 is 17.9 Å². The third-order valence-corrected chi connectivity index (χ3v) is 13.0. The minimum Gasteiger partial charge on any atom is -0.466 e. The van der Waals surface area contributed by atoms with Gasteiger partial charge in [-0.25, -0.2) is 19.4 Å². The molecule has 0 radical (unpaired) electrons. The second kappa shape index (κ2) is 18.3. The van der Waals surface area contributed by atoms with E-state index in [0.29, 0.717) is 55.3 Å². The highest BCUT2D eigenvalue weighted by Gasteiger charge is 2.69. The van der Waals surface area contributed by atoms with Crippen LogP contribution >= 0.6 is 0 Å². The number of hydrogen-bond acceptors (Lipinski definition) is 12. The van der Waals surface area contributed by atoms with Gasteiger partial charge in [0.2, 0.25) is 5.79 Å². The summed E-state index contributed by atoms with van der Waals surface area (Å²) in [4.78, 5) is 50.8. The summed E-state index contributed by atoms with van der Waals surface area (Å²) in [6.45, 7) is 10.6. The predicted molar refractivity (Wildman–Crippen MR) is 206 cm³/mol. The van der Waals surface area contributed by atoms with Crippen LogP contribution in [-0.2, 0) is 47.7 Å². The maximum atomic E-state index is 13.1. The maximum absolute atomic E-state index is 13.1. The zero-order chi connectivity index (χ0) is 40.2. The summed E-state index contributed by atoms with van der Waals surface area (Å²) >= 11 is 0. The van der Waals surface area contributed by atoms with Gasteiger partial charge in [0, 0.05) is 25.2 Å². The Labute approximate surface area is 336 Å². The standard InChI is InChI=1S/C45H60O12/c1-28-22-23-35-30(3)36(54-43-45(35)34(28)24-25-44(5,55-43)56-57-45)20-14-26-49-39(46)21-13-12-15-29(2)50-42-38(53-41(48)33-18-10-7-11-19-33)27-37(31(4)51-42)52-40(47)32-16-8-6-9-17-32/h6-11,16-19,28-31,34-38,42-43H,12-15,20-27H2,1-5H3/t28-,29+,30-,31+,34+,35+,36-,37-,38-,42-,43-,44-,45-/m1/s1. The Hall–Kier alpha value is -3.39. The molecule has 12 nitrogen and oxygen atoms in total. The first-order valence-electron chi connectivity index (χ1n) is 21.1. The van der Waals surface area contributed by atoms with Gasteiger partial charge in [0.1, 0.15) is 6.10 Å². The van der Waals surface area contributed by atoms with E-state index in [0.717, 1.165) is 38.5 Å². The Morgan fingerprint density at radius 3 is 2.19 bits per heavy atom. The monoisotopic (exact) mass is 792 g/mol. The minimum atomic E-state index is -0.864. The van der Waals surface area contributed by atoms with Gasteiger partial charge in [0.05, 0.1) is 36.0 Å². The van der Waals surface area contributed by atoms with Crippen LogP contribution in [0.1, 0.15) is 126 Å². The fraction of sp³-hybridized carbons (Fsp3) is 0.667. The normalized spacial score (nSPS) is 36.3. The molecular formula is C45H60O12. The van der Waals surface area contributed by atoms with Crippen LogP contribution in [0.15, 0.2) is 60.7 Å². The largest absolute Gasteiger partial charge is 0.466 e. The first-order valence-corrected chi connectivity index (χ1v) is 21.1. The van der Waals surface area contributed by atoms with E-state index in [4.69, 9.17) is 42.9 Å². The summed E-state index contributed by atoms with van der Waals surface area (Å²) in [6, 6.07) is 17.4. The number of carbonyl (C=O) groups is 3. The second-order valence-electron chi connectivity index (χ2n) is 17.1. The lowest BCUT2D eigenvalue weighted by Gasteiger charge is -2.60. The Bertz CT molecular complexity index is 1660. The predicted octanol–water partition coefficient (Wildman–Crippen LogP) is 8.11. The summed E-state index contributed by atoms with van der Waals surface area (Å²) in [5.41, 5.74) is 0.254. The lowest BCUT2D eigenvalue weighted by Crippen LogP contribution is -2.70. The van der Waals surface area contributed by atoms with Crippen molar-refractivity contribution in [2.75, 3.05) is 6.61 Å². The van der Waals surface area contributed by atoms with E-state index in [9.17, 15) is 14.4 Å². The summed E-state index contributed by atoms with van der Waals surface area (Å²) in [5.74, 6) is -0.615. The van der Waals surface area contributed by atoms with E-state index < -0.39 is 54.2 Å². The lowest BCUT2D eigenvalue weighted by atomic mass is 9.57. The number of carbonyl (C=O) groups excluding carboxylic acids is 3. The van der Waals surface area contributed by atoms with E-state index in [2.05, 4.69) is 13.8 Å². The van der Waals surface area contributed by atoms with Crippen LogP contribution in [-0.4, -0.2) is 79.0 Å². The van der Waals surface area contributed by atoms with Gasteiger partial charge in [-0.2, -0.15) is 0 Å². The first-order chi connectivity index (χ1) is 27.5. The number of unbranched alkanes of at least 4 members (excludes halogenated alkanes) is 1. The molecular weight excluding hydrogens is 732 g/mol. The molecule has 8 rings (SSSR count).